The maximum atomic E-state index is 13.5. The van der Waals surface area contributed by atoms with Gasteiger partial charge in [0, 0.05) is 32.7 Å². The molecule has 0 unspecified atom stereocenters. The summed E-state index contributed by atoms with van der Waals surface area (Å²) in [6.07, 6.45) is 0.662. The minimum atomic E-state index is -0.144. The van der Waals surface area contributed by atoms with E-state index in [1.54, 1.807) is 13.8 Å². The highest BCUT2D eigenvalue weighted by Gasteiger charge is 2.07. The van der Waals surface area contributed by atoms with Crippen molar-refractivity contribution in [2.24, 2.45) is 0 Å². The van der Waals surface area contributed by atoms with Crippen LogP contribution in [0.1, 0.15) is 37.0 Å². The first kappa shape index (κ1) is 17.1. The highest BCUT2D eigenvalue weighted by molar-refractivity contribution is 5.30. The molecule has 1 N–H and O–H groups in total. The van der Waals surface area contributed by atoms with Crippen molar-refractivity contribution in [1.82, 2.24) is 5.32 Å². The maximum absolute atomic E-state index is 13.5. The molecular formula is C16H26FNO2. The molecule has 3 nitrogen and oxygen atoms in total. The number of hydrogen-bond acceptors (Lipinski definition) is 3. The van der Waals surface area contributed by atoms with Crippen LogP contribution in [0.5, 0.6) is 0 Å². The Hall–Kier alpha value is -0.970. The molecule has 1 aromatic carbocycles. The van der Waals surface area contributed by atoms with Crippen LogP contribution in [0.3, 0.4) is 0 Å². The van der Waals surface area contributed by atoms with Crippen molar-refractivity contribution < 1.29 is 13.9 Å². The predicted octanol–water partition coefficient (Wildman–Crippen LogP) is 3.32. The fourth-order valence-corrected chi connectivity index (χ4v) is 2.18. The van der Waals surface area contributed by atoms with E-state index in [4.69, 9.17) is 9.47 Å². The summed E-state index contributed by atoms with van der Waals surface area (Å²) >= 11 is 0. The van der Waals surface area contributed by atoms with Crippen LogP contribution in [0.2, 0.25) is 0 Å². The molecule has 4 heteroatoms. The number of aryl methyl sites for hydroxylation is 2. The van der Waals surface area contributed by atoms with Gasteiger partial charge >= 0.3 is 0 Å². The topological polar surface area (TPSA) is 30.5 Å². The molecular weight excluding hydrogens is 257 g/mol. The molecule has 0 saturated heterocycles. The van der Waals surface area contributed by atoms with E-state index in [1.807, 2.05) is 26.0 Å². The fourth-order valence-electron chi connectivity index (χ4n) is 2.18. The number of hydrogen-bond donors (Lipinski definition) is 1. The van der Waals surface area contributed by atoms with Gasteiger partial charge in [-0.05, 0) is 44.4 Å². The maximum Gasteiger partial charge on any atom is 0.158 e. The zero-order valence-electron chi connectivity index (χ0n) is 13.0. The summed E-state index contributed by atoms with van der Waals surface area (Å²) in [4.78, 5) is 0. The van der Waals surface area contributed by atoms with Gasteiger partial charge in [0.15, 0.2) is 6.29 Å². The van der Waals surface area contributed by atoms with Crippen LogP contribution in [0.15, 0.2) is 12.1 Å². The molecule has 0 heterocycles. The SMILES string of the molecule is CCOC(CCNCc1cc(C)c(F)c(C)c1)OCC. The summed E-state index contributed by atoms with van der Waals surface area (Å²) in [7, 11) is 0. The molecule has 0 aromatic heterocycles. The summed E-state index contributed by atoms with van der Waals surface area (Å²) < 4.78 is 24.5. The quantitative estimate of drug-likeness (QED) is 0.557. The van der Waals surface area contributed by atoms with Crippen molar-refractivity contribution in [1.29, 1.82) is 0 Å². The van der Waals surface area contributed by atoms with Gasteiger partial charge in [0.1, 0.15) is 5.82 Å². The van der Waals surface area contributed by atoms with Gasteiger partial charge < -0.3 is 14.8 Å². The zero-order valence-corrected chi connectivity index (χ0v) is 13.0. The lowest BCUT2D eigenvalue weighted by molar-refractivity contribution is -0.138. The Bertz CT molecular complexity index is 380. The molecule has 1 rings (SSSR count). The van der Waals surface area contributed by atoms with E-state index in [-0.39, 0.29) is 12.1 Å². The van der Waals surface area contributed by atoms with E-state index in [0.717, 1.165) is 25.1 Å². The highest BCUT2D eigenvalue weighted by atomic mass is 19.1. The Kier molecular flexibility index (Phi) is 7.73. The van der Waals surface area contributed by atoms with E-state index in [1.165, 1.54) is 0 Å². The van der Waals surface area contributed by atoms with E-state index in [2.05, 4.69) is 5.32 Å². The minimum Gasteiger partial charge on any atom is -0.353 e. The standard InChI is InChI=1S/C16H26FNO2/c1-5-19-15(20-6-2)7-8-18-11-14-9-12(3)16(17)13(4)10-14/h9-10,15,18H,5-8,11H2,1-4H3. The summed E-state index contributed by atoms with van der Waals surface area (Å²) in [5.41, 5.74) is 2.50. The van der Waals surface area contributed by atoms with E-state index < -0.39 is 0 Å². The zero-order chi connectivity index (χ0) is 15.0. The fraction of sp³-hybridized carbons (Fsp3) is 0.625. The van der Waals surface area contributed by atoms with Crippen LogP contribution < -0.4 is 5.32 Å². The second kappa shape index (κ2) is 9.06. The summed E-state index contributed by atoms with van der Waals surface area (Å²) in [6, 6.07) is 3.77. The first-order chi connectivity index (χ1) is 9.58. The number of benzene rings is 1. The largest absolute Gasteiger partial charge is 0.353 e. The van der Waals surface area contributed by atoms with Gasteiger partial charge in [-0.3, -0.25) is 0 Å². The van der Waals surface area contributed by atoms with Crippen molar-refractivity contribution in [3.05, 3.63) is 34.6 Å². The number of ether oxygens (including phenoxy) is 2. The van der Waals surface area contributed by atoms with Gasteiger partial charge in [-0.15, -0.1) is 0 Å². The van der Waals surface area contributed by atoms with Crippen molar-refractivity contribution in [3.8, 4) is 0 Å². The second-order valence-electron chi connectivity index (χ2n) is 4.85. The summed E-state index contributed by atoms with van der Waals surface area (Å²) in [6.45, 7) is 10.4. The molecule has 1 aromatic rings. The van der Waals surface area contributed by atoms with Gasteiger partial charge in [0.2, 0.25) is 0 Å². The predicted molar refractivity (Wildman–Crippen MR) is 79.2 cm³/mol. The van der Waals surface area contributed by atoms with Crippen molar-refractivity contribution in [2.75, 3.05) is 19.8 Å². The smallest absolute Gasteiger partial charge is 0.158 e. The molecule has 0 fully saturated rings. The summed E-state index contributed by atoms with van der Waals surface area (Å²) in [5.74, 6) is -0.110. The van der Waals surface area contributed by atoms with Gasteiger partial charge in [-0.25, -0.2) is 4.39 Å². The van der Waals surface area contributed by atoms with Crippen LogP contribution in [-0.2, 0) is 16.0 Å². The van der Waals surface area contributed by atoms with Crippen LogP contribution in [0, 0.1) is 19.7 Å². The Labute approximate surface area is 121 Å². The van der Waals surface area contributed by atoms with Gasteiger partial charge in [0.05, 0.1) is 0 Å². The molecule has 20 heavy (non-hydrogen) atoms. The molecule has 0 aliphatic rings. The molecule has 0 aliphatic heterocycles. The van der Waals surface area contributed by atoms with E-state index in [0.29, 0.717) is 24.3 Å². The number of nitrogens with one attached hydrogen (secondary N) is 1. The molecule has 0 atom stereocenters. The van der Waals surface area contributed by atoms with Gasteiger partial charge in [0.25, 0.3) is 0 Å². The van der Waals surface area contributed by atoms with Crippen LogP contribution in [0.25, 0.3) is 0 Å². The molecule has 114 valence electrons. The molecule has 0 spiro atoms. The van der Waals surface area contributed by atoms with E-state index >= 15 is 0 Å². The first-order valence-electron chi connectivity index (χ1n) is 7.28. The van der Waals surface area contributed by atoms with Gasteiger partial charge in [-0.1, -0.05) is 12.1 Å². The monoisotopic (exact) mass is 283 g/mol. The Morgan fingerprint density at radius 3 is 2.15 bits per heavy atom. The van der Waals surface area contributed by atoms with Crippen molar-refractivity contribution >= 4 is 0 Å². The third-order valence-electron chi connectivity index (χ3n) is 3.09. The Morgan fingerprint density at radius 1 is 1.10 bits per heavy atom. The first-order valence-corrected chi connectivity index (χ1v) is 7.28. The number of rotatable bonds is 9. The number of halogens is 1. The molecule has 0 amide bonds. The van der Waals surface area contributed by atoms with Crippen LogP contribution in [0.4, 0.5) is 4.39 Å². The summed E-state index contributed by atoms with van der Waals surface area (Å²) in [5, 5.41) is 3.34. The molecule has 0 saturated carbocycles. The lowest BCUT2D eigenvalue weighted by Gasteiger charge is -2.17. The van der Waals surface area contributed by atoms with Crippen molar-refractivity contribution in [3.63, 3.8) is 0 Å². The Morgan fingerprint density at radius 2 is 1.65 bits per heavy atom. The average Bonchev–Trinajstić information content (AvgIpc) is 2.41. The second-order valence-corrected chi connectivity index (χ2v) is 4.85. The van der Waals surface area contributed by atoms with Crippen LogP contribution >= 0.6 is 0 Å². The van der Waals surface area contributed by atoms with Crippen LogP contribution in [-0.4, -0.2) is 26.0 Å². The molecule has 0 radical (unpaired) electrons. The third kappa shape index (κ3) is 5.57. The lowest BCUT2D eigenvalue weighted by atomic mass is 10.1. The van der Waals surface area contributed by atoms with Crippen molar-refractivity contribution in [2.45, 2.75) is 47.0 Å². The third-order valence-corrected chi connectivity index (χ3v) is 3.09. The average molecular weight is 283 g/mol. The normalized spacial score (nSPS) is 11.3. The highest BCUT2D eigenvalue weighted by Crippen LogP contribution is 2.14. The lowest BCUT2D eigenvalue weighted by Crippen LogP contribution is -2.24. The Balaban J connectivity index is 2.37. The molecule has 0 bridgehead atoms. The molecule has 0 aliphatic carbocycles. The van der Waals surface area contributed by atoms with E-state index in [9.17, 15) is 4.39 Å². The van der Waals surface area contributed by atoms with Gasteiger partial charge in [-0.2, -0.15) is 0 Å². The minimum absolute atomic E-state index is 0.110.